The number of halogens is 2. The van der Waals surface area contributed by atoms with Gasteiger partial charge in [-0.15, -0.1) is 0 Å². The summed E-state index contributed by atoms with van der Waals surface area (Å²) in [6, 6.07) is 13.6. The molecule has 19 heavy (non-hydrogen) atoms. The summed E-state index contributed by atoms with van der Waals surface area (Å²) in [6.07, 6.45) is 1.42. The van der Waals surface area contributed by atoms with Gasteiger partial charge in [-0.3, -0.25) is 0 Å². The second-order valence-electron chi connectivity index (χ2n) is 4.54. The summed E-state index contributed by atoms with van der Waals surface area (Å²) in [7, 11) is 0. The van der Waals surface area contributed by atoms with Gasteiger partial charge < -0.3 is 5.11 Å². The monoisotopic (exact) mass is 338 g/mol. The zero-order valence-electron chi connectivity index (χ0n) is 10.7. The van der Waals surface area contributed by atoms with E-state index in [9.17, 15) is 5.11 Å². The molecular weight excluding hydrogens is 324 g/mol. The summed E-state index contributed by atoms with van der Waals surface area (Å²) in [4.78, 5) is 0. The zero-order chi connectivity index (χ0) is 13.8. The number of benzene rings is 2. The molecule has 0 fully saturated rings. The second-order valence-corrected chi connectivity index (χ2v) is 5.77. The first-order chi connectivity index (χ1) is 9.13. The van der Waals surface area contributed by atoms with Crippen molar-refractivity contribution in [3.8, 4) is 0 Å². The van der Waals surface area contributed by atoms with Crippen molar-refractivity contribution in [2.24, 2.45) is 0 Å². The van der Waals surface area contributed by atoms with Crippen molar-refractivity contribution in [2.45, 2.75) is 25.9 Å². The Hall–Kier alpha value is -0.830. The number of aryl methyl sites for hydroxylation is 1. The Kier molecular flexibility index (Phi) is 5.03. The van der Waals surface area contributed by atoms with E-state index in [2.05, 4.69) is 28.9 Å². The quantitative estimate of drug-likeness (QED) is 0.818. The van der Waals surface area contributed by atoms with Crippen LogP contribution in [0.2, 0.25) is 5.02 Å². The lowest BCUT2D eigenvalue weighted by Gasteiger charge is -2.15. The smallest absolute Gasteiger partial charge is 0.106 e. The van der Waals surface area contributed by atoms with E-state index in [0.717, 1.165) is 28.4 Å². The van der Waals surface area contributed by atoms with E-state index in [1.54, 1.807) is 0 Å². The van der Waals surface area contributed by atoms with Crippen LogP contribution < -0.4 is 0 Å². The molecule has 0 aromatic heterocycles. The lowest BCUT2D eigenvalue weighted by Crippen LogP contribution is -2.01. The first kappa shape index (κ1) is 14.6. The van der Waals surface area contributed by atoms with Crippen LogP contribution in [-0.4, -0.2) is 5.11 Å². The van der Waals surface area contributed by atoms with E-state index >= 15 is 0 Å². The maximum atomic E-state index is 10.5. The van der Waals surface area contributed by atoms with E-state index in [1.165, 1.54) is 5.56 Å². The zero-order valence-corrected chi connectivity index (χ0v) is 13.1. The normalized spacial score (nSPS) is 12.4. The highest BCUT2D eigenvalue weighted by atomic mass is 79.9. The van der Waals surface area contributed by atoms with Crippen LogP contribution in [0.15, 0.2) is 46.9 Å². The van der Waals surface area contributed by atoms with Crippen LogP contribution in [0.25, 0.3) is 0 Å². The van der Waals surface area contributed by atoms with Crippen molar-refractivity contribution in [1.82, 2.24) is 0 Å². The first-order valence-corrected chi connectivity index (χ1v) is 7.51. The lowest BCUT2D eigenvalue weighted by atomic mass is 9.98. The van der Waals surface area contributed by atoms with Crippen LogP contribution in [0.5, 0.6) is 0 Å². The highest BCUT2D eigenvalue weighted by Crippen LogP contribution is 2.33. The standard InChI is InChI=1S/C16H16BrClO/c1-2-5-11-6-3-7-12(10-11)16(19)13-8-4-9-14(17)15(13)18/h3-4,6-10,16,19H,2,5H2,1H3. The highest BCUT2D eigenvalue weighted by molar-refractivity contribution is 9.10. The van der Waals surface area contributed by atoms with Crippen molar-refractivity contribution >= 4 is 27.5 Å². The molecule has 100 valence electrons. The Balaban J connectivity index is 2.35. The number of aliphatic hydroxyl groups is 1. The fourth-order valence-electron chi connectivity index (χ4n) is 2.12. The molecule has 2 aromatic rings. The first-order valence-electron chi connectivity index (χ1n) is 6.34. The van der Waals surface area contributed by atoms with Gasteiger partial charge in [-0.25, -0.2) is 0 Å². The maximum absolute atomic E-state index is 10.5. The molecule has 0 spiro atoms. The summed E-state index contributed by atoms with van der Waals surface area (Å²) in [6.45, 7) is 2.15. The molecule has 0 aliphatic rings. The minimum Gasteiger partial charge on any atom is -0.384 e. The van der Waals surface area contributed by atoms with Crippen molar-refractivity contribution in [2.75, 3.05) is 0 Å². The van der Waals surface area contributed by atoms with Gasteiger partial charge in [0, 0.05) is 10.0 Å². The van der Waals surface area contributed by atoms with Gasteiger partial charge in [-0.05, 0) is 39.5 Å². The molecule has 1 nitrogen and oxygen atoms in total. The molecule has 2 rings (SSSR count). The Morgan fingerprint density at radius 2 is 1.95 bits per heavy atom. The number of hydrogen-bond donors (Lipinski definition) is 1. The molecule has 0 aliphatic carbocycles. The van der Waals surface area contributed by atoms with Gasteiger partial charge in [0.1, 0.15) is 6.10 Å². The molecule has 0 saturated heterocycles. The van der Waals surface area contributed by atoms with Gasteiger partial charge in [0.25, 0.3) is 0 Å². The Labute approximate surface area is 127 Å². The molecule has 1 unspecified atom stereocenters. The van der Waals surface area contributed by atoms with Crippen molar-refractivity contribution in [3.05, 3.63) is 68.7 Å². The molecule has 0 radical (unpaired) electrons. The van der Waals surface area contributed by atoms with E-state index in [0.29, 0.717) is 5.02 Å². The van der Waals surface area contributed by atoms with Crippen LogP contribution in [0, 0.1) is 0 Å². The molecule has 2 aromatic carbocycles. The summed E-state index contributed by atoms with van der Waals surface area (Å²) in [5, 5.41) is 11.1. The van der Waals surface area contributed by atoms with Gasteiger partial charge in [-0.1, -0.05) is 61.3 Å². The third-order valence-electron chi connectivity index (χ3n) is 3.08. The van der Waals surface area contributed by atoms with Gasteiger partial charge in [-0.2, -0.15) is 0 Å². The third kappa shape index (κ3) is 3.38. The number of aliphatic hydroxyl groups excluding tert-OH is 1. The fourth-order valence-corrected chi connectivity index (χ4v) is 2.73. The average molecular weight is 340 g/mol. The van der Waals surface area contributed by atoms with E-state index in [-0.39, 0.29) is 0 Å². The Bertz CT molecular complexity index is 568. The maximum Gasteiger partial charge on any atom is 0.106 e. The van der Waals surface area contributed by atoms with Crippen LogP contribution >= 0.6 is 27.5 Å². The van der Waals surface area contributed by atoms with Crippen LogP contribution in [0.4, 0.5) is 0 Å². The highest BCUT2D eigenvalue weighted by Gasteiger charge is 2.15. The number of hydrogen-bond acceptors (Lipinski definition) is 1. The molecule has 0 aliphatic heterocycles. The van der Waals surface area contributed by atoms with Crippen LogP contribution in [-0.2, 0) is 6.42 Å². The van der Waals surface area contributed by atoms with E-state index in [1.807, 2.05) is 36.4 Å². The minimum atomic E-state index is -0.693. The summed E-state index contributed by atoms with van der Waals surface area (Å²) >= 11 is 9.62. The average Bonchev–Trinajstić information content (AvgIpc) is 2.42. The van der Waals surface area contributed by atoms with Gasteiger partial charge in [0.2, 0.25) is 0 Å². The molecule has 0 bridgehead atoms. The predicted molar refractivity (Wildman–Crippen MR) is 83.7 cm³/mol. The van der Waals surface area contributed by atoms with E-state index in [4.69, 9.17) is 11.6 Å². The molecule has 1 atom stereocenters. The van der Waals surface area contributed by atoms with Crippen LogP contribution in [0.3, 0.4) is 0 Å². The van der Waals surface area contributed by atoms with Gasteiger partial charge in [0.15, 0.2) is 0 Å². The topological polar surface area (TPSA) is 20.2 Å². The predicted octanol–water partition coefficient (Wildman–Crippen LogP) is 5.14. The fraction of sp³-hybridized carbons (Fsp3) is 0.250. The Morgan fingerprint density at radius 1 is 1.21 bits per heavy atom. The third-order valence-corrected chi connectivity index (χ3v) is 4.39. The SMILES string of the molecule is CCCc1cccc(C(O)c2cccc(Br)c2Cl)c1. The minimum absolute atomic E-state index is 0.566. The number of rotatable bonds is 4. The van der Waals surface area contributed by atoms with Gasteiger partial charge in [0.05, 0.1) is 5.02 Å². The largest absolute Gasteiger partial charge is 0.384 e. The summed E-state index contributed by atoms with van der Waals surface area (Å²) < 4.78 is 0.801. The lowest BCUT2D eigenvalue weighted by molar-refractivity contribution is 0.220. The van der Waals surface area contributed by atoms with Crippen molar-refractivity contribution in [3.63, 3.8) is 0 Å². The van der Waals surface area contributed by atoms with Crippen LogP contribution in [0.1, 0.15) is 36.1 Å². The molecule has 1 N–H and O–H groups in total. The molecule has 3 heteroatoms. The van der Waals surface area contributed by atoms with Crippen molar-refractivity contribution in [1.29, 1.82) is 0 Å². The molecular formula is C16H16BrClO. The van der Waals surface area contributed by atoms with E-state index < -0.39 is 6.10 Å². The van der Waals surface area contributed by atoms with Crippen molar-refractivity contribution < 1.29 is 5.11 Å². The summed E-state index contributed by atoms with van der Waals surface area (Å²) in [5.41, 5.74) is 2.85. The van der Waals surface area contributed by atoms with Gasteiger partial charge >= 0.3 is 0 Å². The summed E-state index contributed by atoms with van der Waals surface area (Å²) in [5.74, 6) is 0. The molecule has 0 amide bonds. The molecule has 0 heterocycles. The molecule has 0 saturated carbocycles. The Morgan fingerprint density at radius 3 is 2.68 bits per heavy atom. The second kappa shape index (κ2) is 6.56.